The van der Waals surface area contributed by atoms with Gasteiger partial charge in [0.1, 0.15) is 29.7 Å². The molecule has 13 nitrogen and oxygen atoms in total. The normalized spacial score (nSPS) is 25.8. The highest BCUT2D eigenvalue weighted by Crippen LogP contribution is 2.55. The number of piperidine rings is 2. The first-order valence-electron chi connectivity index (χ1n) is 21.1. The molecule has 2 saturated heterocycles. The van der Waals surface area contributed by atoms with Crippen molar-refractivity contribution < 1.29 is 33.4 Å². The van der Waals surface area contributed by atoms with Gasteiger partial charge in [-0.3, -0.25) is 34.2 Å². The Hall–Kier alpha value is -5.74. The smallest absolute Gasteiger partial charge is 0.262 e. The number of hydrogen-bond donors (Lipinski definition) is 2. The van der Waals surface area contributed by atoms with Gasteiger partial charge in [-0.25, -0.2) is 0 Å². The van der Waals surface area contributed by atoms with Gasteiger partial charge in [-0.15, -0.1) is 0 Å². The number of nitrogens with zero attached hydrogens (tertiary/aromatic N) is 4. The summed E-state index contributed by atoms with van der Waals surface area (Å²) in [5, 5.41) is 15.0. The van der Waals surface area contributed by atoms with Crippen molar-refractivity contribution in [2.24, 2.45) is 10.8 Å². The van der Waals surface area contributed by atoms with Crippen molar-refractivity contribution in [3.8, 4) is 17.6 Å². The van der Waals surface area contributed by atoms with Crippen molar-refractivity contribution in [1.82, 2.24) is 20.4 Å². The number of aryl methyl sites for hydroxylation is 2. The van der Waals surface area contributed by atoms with Crippen LogP contribution in [0.2, 0.25) is 0 Å². The Morgan fingerprint density at radius 2 is 1.47 bits per heavy atom. The summed E-state index contributed by atoms with van der Waals surface area (Å²) in [5.41, 5.74) is 3.99. The Labute approximate surface area is 351 Å². The molecule has 2 aliphatic carbocycles. The summed E-state index contributed by atoms with van der Waals surface area (Å²) in [6.45, 7) is 14.2. The number of anilines is 1. The molecular weight excluding hydrogens is 761 g/mol. The van der Waals surface area contributed by atoms with Gasteiger partial charge in [-0.2, -0.15) is 5.26 Å². The van der Waals surface area contributed by atoms with Crippen LogP contribution < -0.4 is 25.0 Å². The Kier molecular flexibility index (Phi) is 10.5. The van der Waals surface area contributed by atoms with Gasteiger partial charge in [0.2, 0.25) is 11.8 Å². The van der Waals surface area contributed by atoms with Gasteiger partial charge in [-0.05, 0) is 106 Å². The fraction of sp³-hybridized carbons (Fsp3) is 0.489. The van der Waals surface area contributed by atoms with Crippen LogP contribution >= 0.6 is 0 Å². The van der Waals surface area contributed by atoms with E-state index in [2.05, 4.69) is 61.2 Å². The maximum Gasteiger partial charge on any atom is 0.262 e. The summed E-state index contributed by atoms with van der Waals surface area (Å²) in [4.78, 5) is 69.7. The van der Waals surface area contributed by atoms with E-state index in [9.17, 15) is 29.2 Å². The third kappa shape index (κ3) is 7.18. The lowest BCUT2D eigenvalue weighted by Crippen LogP contribution is -2.74. The van der Waals surface area contributed by atoms with E-state index in [0.717, 1.165) is 66.2 Å². The predicted octanol–water partition coefficient (Wildman–Crippen LogP) is 5.70. The van der Waals surface area contributed by atoms with Crippen LogP contribution in [-0.4, -0.2) is 95.8 Å². The summed E-state index contributed by atoms with van der Waals surface area (Å²) < 4.78 is 12.8. The van der Waals surface area contributed by atoms with E-state index in [1.807, 2.05) is 50.2 Å². The largest absolute Gasteiger partial charge is 0.490 e. The number of fused-ring (bicyclic) bond motifs is 1. The molecule has 13 heteroatoms. The first-order chi connectivity index (χ1) is 28.5. The van der Waals surface area contributed by atoms with Crippen LogP contribution in [0.4, 0.5) is 5.69 Å². The molecule has 0 bridgehead atoms. The monoisotopic (exact) mass is 814 g/mol. The SMILES string of the molecule is Cc1cc(OC2C(C)(C)C(NC(=O)c3ccc(N4CCC(N(C)C5CC(Oc6ccc7c(c6)C(=O)N([C@@H]6CCC(=O)NC6=O)C7=O)C5)CC4)cc3)C2(C)C)cc(C)c1C#N. The van der Waals surface area contributed by atoms with E-state index >= 15 is 0 Å². The molecule has 3 aromatic carbocycles. The maximum absolute atomic E-state index is 13.6. The summed E-state index contributed by atoms with van der Waals surface area (Å²) in [6.07, 6.45) is 3.78. The highest BCUT2D eigenvalue weighted by molar-refractivity contribution is 6.23. The second kappa shape index (κ2) is 15.4. The Morgan fingerprint density at radius 3 is 2.08 bits per heavy atom. The molecule has 2 N–H and O–H groups in total. The lowest BCUT2D eigenvalue weighted by atomic mass is 9.49. The van der Waals surface area contributed by atoms with E-state index in [-0.39, 0.29) is 59.0 Å². The zero-order chi connectivity index (χ0) is 42.8. The fourth-order valence-electron chi connectivity index (χ4n) is 10.7. The van der Waals surface area contributed by atoms with E-state index < -0.39 is 29.7 Å². The number of imide groups is 2. The number of amides is 5. The molecule has 0 radical (unpaired) electrons. The number of carbonyl (C=O) groups is 5. The number of carbonyl (C=O) groups excluding carboxylic acids is 5. The van der Waals surface area contributed by atoms with Crippen LogP contribution in [0.5, 0.6) is 11.5 Å². The van der Waals surface area contributed by atoms with E-state index in [4.69, 9.17) is 9.47 Å². The third-order valence-electron chi connectivity index (χ3n) is 13.9. The van der Waals surface area contributed by atoms with Gasteiger partial charge in [0.05, 0.1) is 22.8 Å². The average Bonchev–Trinajstić information content (AvgIpc) is 3.44. The van der Waals surface area contributed by atoms with E-state index in [1.165, 1.54) is 0 Å². The van der Waals surface area contributed by atoms with Crippen LogP contribution in [0.15, 0.2) is 54.6 Å². The topological polar surface area (TPSA) is 161 Å². The second-order valence-electron chi connectivity index (χ2n) is 18.5. The van der Waals surface area contributed by atoms with E-state index in [0.29, 0.717) is 29.0 Å². The van der Waals surface area contributed by atoms with Crippen molar-refractivity contribution in [1.29, 1.82) is 5.26 Å². The molecule has 0 spiro atoms. The zero-order valence-electron chi connectivity index (χ0n) is 35.5. The summed E-state index contributed by atoms with van der Waals surface area (Å²) in [6, 6.07) is 18.6. The van der Waals surface area contributed by atoms with Crippen LogP contribution in [0.1, 0.15) is 114 Å². The van der Waals surface area contributed by atoms with E-state index in [1.54, 1.807) is 18.2 Å². The van der Waals surface area contributed by atoms with Gasteiger partial charge in [0, 0.05) is 72.6 Å². The Bertz CT molecular complexity index is 2260. The summed E-state index contributed by atoms with van der Waals surface area (Å²) in [5.74, 6) is -0.951. The molecule has 1 atom stereocenters. The first-order valence-corrected chi connectivity index (χ1v) is 21.1. The molecule has 60 heavy (non-hydrogen) atoms. The molecular formula is C47H54N6O7. The maximum atomic E-state index is 13.6. The number of hydrogen-bond acceptors (Lipinski definition) is 10. The van der Waals surface area contributed by atoms with Crippen molar-refractivity contribution in [3.05, 3.63) is 88.0 Å². The lowest BCUT2D eigenvalue weighted by molar-refractivity contribution is -0.164. The number of nitrogens with one attached hydrogen (secondary N) is 2. The molecule has 5 amide bonds. The van der Waals surface area contributed by atoms with Crippen LogP contribution in [0.25, 0.3) is 0 Å². The summed E-state index contributed by atoms with van der Waals surface area (Å²) >= 11 is 0. The minimum Gasteiger partial charge on any atom is -0.490 e. The third-order valence-corrected chi connectivity index (χ3v) is 13.9. The van der Waals surface area contributed by atoms with Gasteiger partial charge in [-0.1, -0.05) is 27.7 Å². The van der Waals surface area contributed by atoms with Gasteiger partial charge in [0.25, 0.3) is 17.7 Å². The van der Waals surface area contributed by atoms with Crippen molar-refractivity contribution in [2.45, 2.75) is 116 Å². The van der Waals surface area contributed by atoms with Crippen molar-refractivity contribution >= 4 is 35.2 Å². The first kappa shape index (κ1) is 41.0. The van der Waals surface area contributed by atoms with Gasteiger partial charge >= 0.3 is 0 Å². The molecule has 3 aromatic rings. The molecule has 0 unspecified atom stereocenters. The molecule has 3 aliphatic heterocycles. The molecule has 3 heterocycles. The number of ether oxygens (including phenoxy) is 2. The highest BCUT2D eigenvalue weighted by atomic mass is 16.5. The number of nitriles is 1. The summed E-state index contributed by atoms with van der Waals surface area (Å²) in [7, 11) is 2.19. The number of benzene rings is 3. The lowest BCUT2D eigenvalue weighted by Gasteiger charge is -2.63. The van der Waals surface area contributed by atoms with Gasteiger partial charge < -0.3 is 24.6 Å². The zero-order valence-corrected chi connectivity index (χ0v) is 35.5. The second-order valence-corrected chi connectivity index (χ2v) is 18.5. The molecule has 8 rings (SSSR count). The standard InChI is InChI=1S/C47H54N6O7/c1-26-20-33(21-27(2)37(26)25-48)60-45-46(3,4)44(47(45,5)6)50-40(55)28-8-10-30(11-9-28)52-18-16-29(17-19-52)51(7)31-22-34(23-31)59-32-12-13-35-36(24-32)43(58)53(42(35)57)38-14-15-39(54)49-41(38)56/h8-13,20-21,24,29,31,34,38,44-45H,14-19,22-23H2,1-7H3,(H,50,55)(H,49,54,56)/t31?,34?,38-,44?,45?/m1/s1. The average molecular weight is 815 g/mol. The Balaban J connectivity index is 0.793. The molecule has 5 aliphatic rings. The molecule has 0 aromatic heterocycles. The highest BCUT2D eigenvalue weighted by Gasteiger charge is 2.64. The van der Waals surface area contributed by atoms with Crippen LogP contribution in [0.3, 0.4) is 0 Å². The molecule has 4 fully saturated rings. The minimum atomic E-state index is -1.00. The molecule has 2 saturated carbocycles. The van der Waals surface area contributed by atoms with Crippen LogP contribution in [-0.2, 0) is 9.59 Å². The fourth-order valence-corrected chi connectivity index (χ4v) is 10.7. The van der Waals surface area contributed by atoms with Gasteiger partial charge in [0.15, 0.2) is 0 Å². The predicted molar refractivity (Wildman–Crippen MR) is 224 cm³/mol. The molecule has 314 valence electrons. The van der Waals surface area contributed by atoms with Crippen molar-refractivity contribution in [3.63, 3.8) is 0 Å². The number of rotatable bonds is 10. The Morgan fingerprint density at radius 1 is 0.833 bits per heavy atom. The van der Waals surface area contributed by atoms with Crippen molar-refractivity contribution in [2.75, 3.05) is 25.0 Å². The minimum absolute atomic E-state index is 0.0106. The quantitative estimate of drug-likeness (QED) is 0.243. The van der Waals surface area contributed by atoms with Crippen LogP contribution in [0, 0.1) is 36.0 Å².